The third-order valence-corrected chi connectivity index (χ3v) is 6.96. The molecule has 0 spiro atoms. The molecule has 0 aliphatic carbocycles. The van der Waals surface area contributed by atoms with Crippen molar-refractivity contribution in [2.75, 3.05) is 25.6 Å². The number of rotatable bonds is 8. The van der Waals surface area contributed by atoms with Gasteiger partial charge in [-0.05, 0) is 61.5 Å². The fraction of sp³-hybridized carbons (Fsp3) is 0.208. The number of amides is 1. The molecule has 1 N–H and O–H groups in total. The molecule has 0 saturated carbocycles. The van der Waals surface area contributed by atoms with Crippen molar-refractivity contribution >= 4 is 21.6 Å². The maximum absolute atomic E-state index is 12.9. The number of carbonyl (C=O) groups is 1. The number of anilines is 1. The van der Waals surface area contributed by atoms with Gasteiger partial charge in [-0.3, -0.25) is 9.10 Å². The van der Waals surface area contributed by atoms with E-state index in [1.54, 1.807) is 43.5 Å². The van der Waals surface area contributed by atoms with Crippen LogP contribution in [0.3, 0.4) is 0 Å². The lowest BCUT2D eigenvalue weighted by atomic mass is 10.1. The monoisotopic (exact) mass is 454 g/mol. The van der Waals surface area contributed by atoms with Crippen LogP contribution in [-0.2, 0) is 10.0 Å². The third kappa shape index (κ3) is 4.86. The summed E-state index contributed by atoms with van der Waals surface area (Å²) in [5, 5.41) is 2.94. The zero-order valence-electron chi connectivity index (χ0n) is 18.4. The van der Waals surface area contributed by atoms with Crippen LogP contribution in [0.5, 0.6) is 11.5 Å². The summed E-state index contributed by atoms with van der Waals surface area (Å²) in [6.07, 6.45) is 0. The number of carbonyl (C=O) groups excluding carboxylic acids is 1. The van der Waals surface area contributed by atoms with Gasteiger partial charge < -0.3 is 14.8 Å². The summed E-state index contributed by atoms with van der Waals surface area (Å²) in [5.41, 5.74) is 1.73. The van der Waals surface area contributed by atoms with Crippen molar-refractivity contribution in [2.45, 2.75) is 17.9 Å². The molecule has 3 aromatic rings. The predicted molar refractivity (Wildman–Crippen MR) is 124 cm³/mol. The molecule has 0 aliphatic rings. The Kier molecular flexibility index (Phi) is 7.05. The normalized spacial score (nSPS) is 12.0. The molecule has 1 amide bonds. The number of nitrogens with zero attached hydrogens (tertiary/aromatic N) is 1. The van der Waals surface area contributed by atoms with Gasteiger partial charge in [-0.25, -0.2) is 8.42 Å². The van der Waals surface area contributed by atoms with Gasteiger partial charge in [0.2, 0.25) is 0 Å². The minimum atomic E-state index is -3.75. The van der Waals surface area contributed by atoms with Gasteiger partial charge >= 0.3 is 0 Å². The van der Waals surface area contributed by atoms with Gasteiger partial charge in [-0.2, -0.15) is 0 Å². The Bertz CT molecular complexity index is 1180. The second-order valence-corrected chi connectivity index (χ2v) is 9.10. The Morgan fingerprint density at radius 2 is 1.53 bits per heavy atom. The van der Waals surface area contributed by atoms with Crippen LogP contribution >= 0.6 is 0 Å². The van der Waals surface area contributed by atoms with E-state index in [1.807, 2.05) is 31.2 Å². The van der Waals surface area contributed by atoms with E-state index in [4.69, 9.17) is 9.47 Å². The van der Waals surface area contributed by atoms with E-state index in [9.17, 15) is 13.2 Å². The molecule has 0 bridgehead atoms. The smallest absolute Gasteiger partial charge is 0.264 e. The molecule has 32 heavy (non-hydrogen) atoms. The molecule has 0 saturated heterocycles. The second-order valence-electron chi connectivity index (χ2n) is 7.13. The molecule has 3 rings (SSSR count). The van der Waals surface area contributed by atoms with Crippen LogP contribution in [0.2, 0.25) is 0 Å². The van der Waals surface area contributed by atoms with Gasteiger partial charge in [0.05, 0.1) is 30.8 Å². The van der Waals surface area contributed by atoms with E-state index >= 15 is 0 Å². The van der Waals surface area contributed by atoms with Crippen LogP contribution in [0.4, 0.5) is 5.69 Å². The SMILES string of the molecule is COc1ccc(S(=O)(=O)N(C)c2ccc(C(=O)N[C@H](C)c3ccccc3OC)cc2)cc1. The summed E-state index contributed by atoms with van der Waals surface area (Å²) >= 11 is 0. The third-order valence-electron chi connectivity index (χ3n) is 5.16. The van der Waals surface area contributed by atoms with Crippen LogP contribution < -0.4 is 19.1 Å². The lowest BCUT2D eigenvalue weighted by Gasteiger charge is -2.20. The summed E-state index contributed by atoms with van der Waals surface area (Å²) in [7, 11) is 0.825. The van der Waals surface area contributed by atoms with Crippen molar-refractivity contribution in [3.05, 3.63) is 83.9 Å². The molecule has 0 radical (unpaired) electrons. The Morgan fingerprint density at radius 1 is 0.906 bits per heavy atom. The fourth-order valence-corrected chi connectivity index (χ4v) is 4.44. The van der Waals surface area contributed by atoms with Gasteiger partial charge in [0, 0.05) is 18.2 Å². The Morgan fingerprint density at radius 3 is 2.12 bits per heavy atom. The Balaban J connectivity index is 1.74. The van der Waals surface area contributed by atoms with Crippen LogP contribution in [-0.4, -0.2) is 35.6 Å². The van der Waals surface area contributed by atoms with Crippen molar-refractivity contribution in [3.63, 3.8) is 0 Å². The number of hydrogen-bond acceptors (Lipinski definition) is 5. The van der Waals surface area contributed by atoms with Gasteiger partial charge in [0.25, 0.3) is 15.9 Å². The number of methoxy groups -OCH3 is 2. The minimum Gasteiger partial charge on any atom is -0.497 e. The molecular weight excluding hydrogens is 428 g/mol. The first-order valence-corrected chi connectivity index (χ1v) is 11.4. The number of ether oxygens (including phenoxy) is 2. The largest absolute Gasteiger partial charge is 0.497 e. The molecule has 7 nitrogen and oxygen atoms in total. The molecule has 0 unspecified atom stereocenters. The maximum Gasteiger partial charge on any atom is 0.264 e. The highest BCUT2D eigenvalue weighted by atomic mass is 32.2. The average molecular weight is 455 g/mol. The summed E-state index contributed by atoms with van der Waals surface area (Å²) in [4.78, 5) is 12.8. The van der Waals surface area contributed by atoms with Crippen LogP contribution in [0.25, 0.3) is 0 Å². The molecule has 3 aromatic carbocycles. The molecule has 168 valence electrons. The van der Waals surface area contributed by atoms with Crippen LogP contribution in [0.15, 0.2) is 77.7 Å². The van der Waals surface area contributed by atoms with Crippen molar-refractivity contribution in [1.29, 1.82) is 0 Å². The first-order chi connectivity index (χ1) is 15.3. The first kappa shape index (κ1) is 23.1. The molecular formula is C24H26N2O5S. The average Bonchev–Trinajstić information content (AvgIpc) is 2.83. The minimum absolute atomic E-state index is 0.147. The quantitative estimate of drug-likeness (QED) is 0.556. The molecule has 8 heteroatoms. The summed E-state index contributed by atoms with van der Waals surface area (Å²) < 4.78 is 37.4. The van der Waals surface area contributed by atoms with E-state index < -0.39 is 10.0 Å². The number of sulfonamides is 1. The zero-order valence-corrected chi connectivity index (χ0v) is 19.2. The molecule has 1 atom stereocenters. The standard InChI is InChI=1S/C24H26N2O5S/c1-17(22-7-5-6-8-23(22)31-4)25-24(27)18-9-11-19(12-10-18)26(2)32(28,29)21-15-13-20(30-3)14-16-21/h5-17H,1-4H3,(H,25,27)/t17-/m1/s1. The first-order valence-electron chi connectivity index (χ1n) is 9.94. The lowest BCUT2D eigenvalue weighted by Crippen LogP contribution is -2.28. The predicted octanol–water partition coefficient (Wildman–Crippen LogP) is 4.02. The highest BCUT2D eigenvalue weighted by Gasteiger charge is 2.22. The van der Waals surface area contributed by atoms with Crippen LogP contribution in [0, 0.1) is 0 Å². The van der Waals surface area contributed by atoms with Gasteiger partial charge in [0.15, 0.2) is 0 Å². The molecule has 0 heterocycles. The molecule has 0 fully saturated rings. The highest BCUT2D eigenvalue weighted by molar-refractivity contribution is 7.92. The summed E-state index contributed by atoms with van der Waals surface area (Å²) in [6, 6.07) is 19.8. The Labute approximate surface area is 188 Å². The fourth-order valence-electron chi connectivity index (χ4n) is 3.25. The van der Waals surface area contributed by atoms with Gasteiger partial charge in [-0.15, -0.1) is 0 Å². The second kappa shape index (κ2) is 9.74. The van der Waals surface area contributed by atoms with Crippen LogP contribution in [0.1, 0.15) is 28.9 Å². The number of nitrogens with one attached hydrogen (secondary N) is 1. The van der Waals surface area contributed by atoms with E-state index in [0.717, 1.165) is 5.56 Å². The van der Waals surface area contributed by atoms with E-state index in [-0.39, 0.29) is 16.8 Å². The summed E-state index contributed by atoms with van der Waals surface area (Å²) in [5.74, 6) is 1.00. The Hall–Kier alpha value is -3.52. The van der Waals surface area contributed by atoms with Gasteiger partial charge in [-0.1, -0.05) is 18.2 Å². The van der Waals surface area contributed by atoms with E-state index in [2.05, 4.69) is 5.32 Å². The number of benzene rings is 3. The summed E-state index contributed by atoms with van der Waals surface area (Å²) in [6.45, 7) is 1.87. The number of para-hydroxylation sites is 1. The zero-order chi connectivity index (χ0) is 23.3. The van der Waals surface area contributed by atoms with E-state index in [0.29, 0.717) is 22.7 Å². The van der Waals surface area contributed by atoms with Crippen molar-refractivity contribution in [3.8, 4) is 11.5 Å². The lowest BCUT2D eigenvalue weighted by molar-refractivity contribution is 0.0939. The molecule has 0 aromatic heterocycles. The van der Waals surface area contributed by atoms with Crippen molar-refractivity contribution in [2.24, 2.45) is 0 Å². The van der Waals surface area contributed by atoms with Crippen molar-refractivity contribution < 1.29 is 22.7 Å². The topological polar surface area (TPSA) is 84.9 Å². The highest BCUT2D eigenvalue weighted by Crippen LogP contribution is 2.26. The molecule has 0 aliphatic heterocycles. The maximum atomic E-state index is 12.9. The van der Waals surface area contributed by atoms with Crippen molar-refractivity contribution in [1.82, 2.24) is 5.32 Å². The van der Waals surface area contributed by atoms with Gasteiger partial charge in [0.1, 0.15) is 11.5 Å². The number of hydrogen-bond donors (Lipinski definition) is 1. The van der Waals surface area contributed by atoms with E-state index in [1.165, 1.54) is 30.6 Å².